The van der Waals surface area contributed by atoms with Gasteiger partial charge in [-0.1, -0.05) is 32.0 Å². The second-order valence-corrected chi connectivity index (χ2v) is 7.68. The number of carbonyl (C=O) groups is 2. The third kappa shape index (κ3) is 3.72. The van der Waals surface area contributed by atoms with Crippen molar-refractivity contribution >= 4 is 17.4 Å². The molecule has 146 valence electrons. The van der Waals surface area contributed by atoms with Gasteiger partial charge in [0, 0.05) is 31.8 Å². The van der Waals surface area contributed by atoms with Crippen molar-refractivity contribution in [2.24, 2.45) is 11.8 Å². The van der Waals surface area contributed by atoms with Crippen LogP contribution in [0.3, 0.4) is 0 Å². The van der Waals surface area contributed by atoms with Gasteiger partial charge >= 0.3 is 0 Å². The van der Waals surface area contributed by atoms with Crippen LogP contribution in [0.15, 0.2) is 30.0 Å². The largest absolute Gasteiger partial charge is 0.496 e. The maximum atomic E-state index is 13.2. The zero-order chi connectivity index (χ0) is 19.6. The van der Waals surface area contributed by atoms with Gasteiger partial charge in [0.1, 0.15) is 11.4 Å². The number of nitrogens with zero attached hydrogens (tertiary/aromatic N) is 2. The summed E-state index contributed by atoms with van der Waals surface area (Å²) in [5, 5.41) is 9.58. The van der Waals surface area contributed by atoms with E-state index in [0.717, 1.165) is 12.8 Å². The Morgan fingerprint density at radius 3 is 2.63 bits per heavy atom. The van der Waals surface area contributed by atoms with Crippen molar-refractivity contribution in [3.63, 3.8) is 0 Å². The van der Waals surface area contributed by atoms with Crippen molar-refractivity contribution in [2.75, 3.05) is 33.4 Å². The van der Waals surface area contributed by atoms with E-state index in [1.165, 1.54) is 4.90 Å². The highest BCUT2D eigenvalue weighted by Crippen LogP contribution is 2.37. The number of hydrogen-bond acceptors (Lipinski definition) is 5. The molecule has 0 aromatic heterocycles. The number of para-hydroxylation sites is 1. The lowest BCUT2D eigenvalue weighted by molar-refractivity contribution is -0.138. The lowest BCUT2D eigenvalue weighted by atomic mass is 9.96. The lowest BCUT2D eigenvalue weighted by Crippen LogP contribution is -2.41. The molecule has 1 atom stereocenters. The third-order valence-electron chi connectivity index (χ3n) is 5.16. The Bertz CT molecular complexity index is 756. The fourth-order valence-electron chi connectivity index (χ4n) is 3.90. The van der Waals surface area contributed by atoms with Gasteiger partial charge in [0.15, 0.2) is 0 Å². The summed E-state index contributed by atoms with van der Waals surface area (Å²) in [4.78, 5) is 29.8. The van der Waals surface area contributed by atoms with Crippen molar-refractivity contribution in [1.29, 1.82) is 0 Å². The minimum Gasteiger partial charge on any atom is -0.496 e. The number of amides is 2. The van der Waals surface area contributed by atoms with Crippen LogP contribution in [-0.2, 0) is 9.59 Å². The molecule has 1 saturated heterocycles. The molecule has 6 nitrogen and oxygen atoms in total. The normalized spacial score (nSPS) is 20.9. The molecule has 0 saturated carbocycles. The second kappa shape index (κ2) is 8.13. The van der Waals surface area contributed by atoms with Gasteiger partial charge in [0.2, 0.25) is 0 Å². The molecule has 1 unspecified atom stereocenters. The molecule has 2 aliphatic heterocycles. The molecular weight excluding hydrogens is 344 g/mol. The first-order valence-corrected chi connectivity index (χ1v) is 9.57. The van der Waals surface area contributed by atoms with E-state index in [1.54, 1.807) is 13.2 Å². The van der Waals surface area contributed by atoms with Gasteiger partial charge in [-0.15, -0.1) is 0 Å². The van der Waals surface area contributed by atoms with Gasteiger partial charge in [-0.05, 0) is 30.7 Å². The predicted molar refractivity (Wildman–Crippen MR) is 103 cm³/mol. The predicted octanol–water partition coefficient (Wildman–Crippen LogP) is 2.14. The summed E-state index contributed by atoms with van der Waals surface area (Å²) in [6, 6.07) is 7.32. The SMILES string of the molecule is COc1ccccc1C1=C(N2CCCC(CO)C2)C(=O)N(CC(C)C)C1=O. The number of likely N-dealkylation sites (tertiary alicyclic amines) is 1. The van der Waals surface area contributed by atoms with E-state index in [1.807, 2.05) is 36.9 Å². The van der Waals surface area contributed by atoms with Gasteiger partial charge in [0.25, 0.3) is 11.8 Å². The summed E-state index contributed by atoms with van der Waals surface area (Å²) in [7, 11) is 1.56. The fourth-order valence-corrected chi connectivity index (χ4v) is 3.90. The number of methoxy groups -OCH3 is 1. The Morgan fingerprint density at radius 1 is 1.22 bits per heavy atom. The van der Waals surface area contributed by atoms with Crippen molar-refractivity contribution in [1.82, 2.24) is 9.80 Å². The van der Waals surface area contributed by atoms with Crippen LogP contribution < -0.4 is 4.74 Å². The summed E-state index contributed by atoms with van der Waals surface area (Å²) in [6.45, 7) is 5.74. The van der Waals surface area contributed by atoms with E-state index in [4.69, 9.17) is 4.74 Å². The van der Waals surface area contributed by atoms with Crippen LogP contribution in [0.2, 0.25) is 0 Å². The molecule has 0 spiro atoms. The summed E-state index contributed by atoms with van der Waals surface area (Å²) < 4.78 is 5.46. The van der Waals surface area contributed by atoms with E-state index in [0.29, 0.717) is 42.2 Å². The zero-order valence-corrected chi connectivity index (χ0v) is 16.3. The first-order chi connectivity index (χ1) is 13.0. The molecule has 2 amide bonds. The molecular formula is C21H28N2O4. The van der Waals surface area contributed by atoms with Crippen LogP contribution in [0.1, 0.15) is 32.3 Å². The van der Waals surface area contributed by atoms with E-state index in [9.17, 15) is 14.7 Å². The number of benzene rings is 1. The van der Waals surface area contributed by atoms with Crippen molar-refractivity contribution in [2.45, 2.75) is 26.7 Å². The molecule has 0 radical (unpaired) electrons. The molecule has 1 fully saturated rings. The first-order valence-electron chi connectivity index (χ1n) is 9.57. The average Bonchev–Trinajstić information content (AvgIpc) is 2.92. The molecule has 6 heteroatoms. The number of carbonyl (C=O) groups excluding carboxylic acids is 2. The number of rotatable bonds is 6. The molecule has 1 aromatic carbocycles. The van der Waals surface area contributed by atoms with Crippen LogP contribution in [0, 0.1) is 11.8 Å². The van der Waals surface area contributed by atoms with E-state index in [2.05, 4.69) is 0 Å². The van der Waals surface area contributed by atoms with E-state index < -0.39 is 0 Å². The Balaban J connectivity index is 2.10. The highest BCUT2D eigenvalue weighted by atomic mass is 16.5. The number of ether oxygens (including phenoxy) is 1. The van der Waals surface area contributed by atoms with E-state index in [-0.39, 0.29) is 30.3 Å². The van der Waals surface area contributed by atoms with Gasteiger partial charge < -0.3 is 14.7 Å². The van der Waals surface area contributed by atoms with E-state index >= 15 is 0 Å². The van der Waals surface area contributed by atoms with Crippen LogP contribution in [0.25, 0.3) is 5.57 Å². The summed E-state index contributed by atoms with van der Waals surface area (Å²) in [5.41, 5.74) is 1.51. The minimum absolute atomic E-state index is 0.0889. The van der Waals surface area contributed by atoms with Crippen LogP contribution >= 0.6 is 0 Å². The monoisotopic (exact) mass is 372 g/mol. The summed E-state index contributed by atoms with van der Waals surface area (Å²) >= 11 is 0. The number of aliphatic hydroxyl groups is 1. The Hall–Kier alpha value is -2.34. The van der Waals surface area contributed by atoms with Gasteiger partial charge in [-0.25, -0.2) is 0 Å². The number of aliphatic hydroxyl groups excluding tert-OH is 1. The van der Waals surface area contributed by atoms with Gasteiger partial charge in [0.05, 0.1) is 12.7 Å². The lowest BCUT2D eigenvalue weighted by Gasteiger charge is -2.34. The van der Waals surface area contributed by atoms with Crippen LogP contribution in [0.4, 0.5) is 0 Å². The Labute approximate surface area is 160 Å². The van der Waals surface area contributed by atoms with Crippen molar-refractivity contribution < 1.29 is 19.4 Å². The average molecular weight is 372 g/mol. The molecule has 2 heterocycles. The fraction of sp³-hybridized carbons (Fsp3) is 0.524. The highest BCUT2D eigenvalue weighted by Gasteiger charge is 2.43. The quantitative estimate of drug-likeness (QED) is 0.775. The molecule has 0 bridgehead atoms. The standard InChI is InChI=1S/C21H28N2O4/c1-14(2)11-23-20(25)18(16-8-4-5-9-17(16)27-3)19(21(23)26)22-10-6-7-15(12-22)13-24/h4-5,8-9,14-15,24H,6-7,10-13H2,1-3H3. The second-order valence-electron chi connectivity index (χ2n) is 7.68. The molecule has 27 heavy (non-hydrogen) atoms. The Kier molecular flexibility index (Phi) is 5.85. The molecule has 2 aliphatic rings. The molecule has 1 N–H and O–H groups in total. The molecule has 1 aromatic rings. The smallest absolute Gasteiger partial charge is 0.277 e. The van der Waals surface area contributed by atoms with Gasteiger partial charge in [-0.2, -0.15) is 0 Å². The molecule has 0 aliphatic carbocycles. The number of imide groups is 1. The maximum absolute atomic E-state index is 13.2. The maximum Gasteiger partial charge on any atom is 0.277 e. The number of hydrogen-bond donors (Lipinski definition) is 1. The third-order valence-corrected chi connectivity index (χ3v) is 5.16. The Morgan fingerprint density at radius 2 is 1.96 bits per heavy atom. The minimum atomic E-state index is -0.265. The van der Waals surface area contributed by atoms with Crippen molar-refractivity contribution in [3.8, 4) is 5.75 Å². The van der Waals surface area contributed by atoms with Crippen molar-refractivity contribution in [3.05, 3.63) is 35.5 Å². The summed E-state index contributed by atoms with van der Waals surface area (Å²) in [6.07, 6.45) is 1.82. The molecule has 3 rings (SSSR count). The number of piperidine rings is 1. The van der Waals surface area contributed by atoms with Crippen LogP contribution in [-0.4, -0.2) is 60.1 Å². The first kappa shape index (κ1) is 19.4. The highest BCUT2D eigenvalue weighted by molar-refractivity contribution is 6.36. The summed E-state index contributed by atoms with van der Waals surface area (Å²) in [5.74, 6) is 0.371. The zero-order valence-electron chi connectivity index (χ0n) is 16.3. The topological polar surface area (TPSA) is 70.1 Å². The van der Waals surface area contributed by atoms with Crippen LogP contribution in [0.5, 0.6) is 5.75 Å². The van der Waals surface area contributed by atoms with Gasteiger partial charge in [-0.3, -0.25) is 14.5 Å².